The topological polar surface area (TPSA) is 66.5 Å². The van der Waals surface area contributed by atoms with Crippen LogP contribution < -0.4 is 9.62 Å². The quantitative estimate of drug-likeness (QED) is 0.812. The molecular weight excluding hydrogens is 372 g/mol. The van der Waals surface area contributed by atoms with Crippen molar-refractivity contribution in [1.29, 1.82) is 0 Å². The third kappa shape index (κ3) is 4.77. The van der Waals surface area contributed by atoms with Crippen molar-refractivity contribution in [3.8, 4) is 0 Å². The molecule has 2 rings (SSSR count). The van der Waals surface area contributed by atoms with Crippen LogP contribution in [-0.4, -0.2) is 26.9 Å². The molecule has 0 unspecified atom stereocenters. The number of halogens is 1. The van der Waals surface area contributed by atoms with Crippen LogP contribution in [0.3, 0.4) is 0 Å². The average molecular weight is 395 g/mol. The molecule has 7 heteroatoms. The maximum atomic E-state index is 13.2. The van der Waals surface area contributed by atoms with Crippen LogP contribution in [0.15, 0.2) is 47.4 Å². The molecule has 1 N–H and O–H groups in total. The van der Waals surface area contributed by atoms with E-state index in [2.05, 4.69) is 5.32 Å². The maximum Gasteiger partial charge on any atom is 0.264 e. The summed E-state index contributed by atoms with van der Waals surface area (Å²) in [6.07, 6.45) is 0. The molecule has 140 valence electrons. The van der Waals surface area contributed by atoms with Gasteiger partial charge in [0.25, 0.3) is 10.0 Å². The van der Waals surface area contributed by atoms with Crippen LogP contribution in [0.1, 0.15) is 25.0 Å². The van der Waals surface area contributed by atoms with Gasteiger partial charge in [-0.1, -0.05) is 35.4 Å². The lowest BCUT2D eigenvalue weighted by molar-refractivity contribution is -0.120. The molecule has 0 aliphatic rings. The Labute approximate surface area is 160 Å². The lowest BCUT2D eigenvalue weighted by atomic mass is 10.2. The van der Waals surface area contributed by atoms with Crippen LogP contribution in [0, 0.1) is 13.8 Å². The second-order valence-electron chi connectivity index (χ2n) is 6.48. The van der Waals surface area contributed by atoms with Gasteiger partial charge in [0, 0.05) is 11.1 Å². The van der Waals surface area contributed by atoms with E-state index in [-0.39, 0.29) is 23.4 Å². The molecule has 0 fully saturated rings. The highest BCUT2D eigenvalue weighted by atomic mass is 35.5. The van der Waals surface area contributed by atoms with Gasteiger partial charge in [0.15, 0.2) is 0 Å². The minimum Gasteiger partial charge on any atom is -0.352 e. The minimum absolute atomic E-state index is 0.0908. The number of sulfonamides is 1. The lowest BCUT2D eigenvalue weighted by Gasteiger charge is -2.26. The number of hydrogen-bond acceptors (Lipinski definition) is 3. The number of rotatable bonds is 6. The molecule has 0 bridgehead atoms. The predicted molar refractivity (Wildman–Crippen MR) is 105 cm³/mol. The van der Waals surface area contributed by atoms with Gasteiger partial charge in [-0.15, -0.1) is 0 Å². The van der Waals surface area contributed by atoms with Crippen molar-refractivity contribution in [2.45, 2.75) is 38.6 Å². The van der Waals surface area contributed by atoms with Crippen LogP contribution in [0.4, 0.5) is 5.69 Å². The molecule has 0 radical (unpaired) electrons. The van der Waals surface area contributed by atoms with E-state index in [4.69, 9.17) is 11.6 Å². The van der Waals surface area contributed by atoms with Gasteiger partial charge in [-0.05, 0) is 57.5 Å². The Balaban J connectivity index is 2.54. The molecule has 2 aromatic rings. The monoisotopic (exact) mass is 394 g/mol. The maximum absolute atomic E-state index is 13.2. The molecule has 2 aromatic carbocycles. The van der Waals surface area contributed by atoms with E-state index >= 15 is 0 Å². The molecule has 0 aliphatic carbocycles. The van der Waals surface area contributed by atoms with E-state index in [9.17, 15) is 13.2 Å². The molecule has 0 saturated carbocycles. The number of amides is 1. The van der Waals surface area contributed by atoms with E-state index in [0.29, 0.717) is 16.3 Å². The van der Waals surface area contributed by atoms with E-state index in [0.717, 1.165) is 9.87 Å². The number of carbonyl (C=O) groups is 1. The van der Waals surface area contributed by atoms with E-state index in [1.54, 1.807) is 37.3 Å². The first-order chi connectivity index (χ1) is 12.1. The van der Waals surface area contributed by atoms with Gasteiger partial charge in [0.1, 0.15) is 6.54 Å². The Morgan fingerprint density at radius 2 is 1.73 bits per heavy atom. The Morgan fingerprint density at radius 1 is 1.12 bits per heavy atom. The van der Waals surface area contributed by atoms with Crippen LogP contribution in [-0.2, 0) is 14.8 Å². The van der Waals surface area contributed by atoms with Crippen LogP contribution in [0.5, 0.6) is 0 Å². The highest BCUT2D eigenvalue weighted by Crippen LogP contribution is 2.29. The molecule has 0 spiro atoms. The third-order valence-electron chi connectivity index (χ3n) is 3.79. The minimum atomic E-state index is -3.93. The van der Waals surface area contributed by atoms with Crippen LogP contribution >= 0.6 is 11.6 Å². The fourth-order valence-corrected chi connectivity index (χ4v) is 4.13. The van der Waals surface area contributed by atoms with Crippen molar-refractivity contribution in [2.24, 2.45) is 0 Å². The molecule has 0 heterocycles. The molecule has 5 nitrogen and oxygen atoms in total. The summed E-state index contributed by atoms with van der Waals surface area (Å²) >= 11 is 6.08. The normalized spacial score (nSPS) is 11.5. The van der Waals surface area contributed by atoms with Crippen molar-refractivity contribution < 1.29 is 13.2 Å². The van der Waals surface area contributed by atoms with Crippen molar-refractivity contribution in [3.05, 3.63) is 58.6 Å². The molecule has 1 amide bonds. The smallest absolute Gasteiger partial charge is 0.264 e. The average Bonchev–Trinajstić information content (AvgIpc) is 2.54. The summed E-state index contributed by atoms with van der Waals surface area (Å²) in [5.41, 5.74) is 2.05. The second kappa shape index (κ2) is 8.10. The molecule has 0 atom stereocenters. The molecule has 0 aliphatic heterocycles. The summed E-state index contributed by atoms with van der Waals surface area (Å²) in [6.45, 7) is 6.98. The number of carbonyl (C=O) groups excluding carboxylic acids is 1. The van der Waals surface area contributed by atoms with Crippen LogP contribution in [0.25, 0.3) is 0 Å². The van der Waals surface area contributed by atoms with Gasteiger partial charge in [-0.3, -0.25) is 9.10 Å². The molecule has 0 aromatic heterocycles. The van der Waals surface area contributed by atoms with Gasteiger partial charge < -0.3 is 5.32 Å². The largest absolute Gasteiger partial charge is 0.352 e. The molecule has 0 saturated heterocycles. The number of aryl methyl sites for hydroxylation is 2. The second-order valence-corrected chi connectivity index (χ2v) is 8.78. The van der Waals surface area contributed by atoms with Gasteiger partial charge in [-0.2, -0.15) is 0 Å². The Hall–Kier alpha value is -2.05. The summed E-state index contributed by atoms with van der Waals surface area (Å²) in [5.74, 6) is -0.380. The number of benzene rings is 2. The summed E-state index contributed by atoms with van der Waals surface area (Å²) in [4.78, 5) is 12.4. The number of hydrogen-bond donors (Lipinski definition) is 1. The highest BCUT2D eigenvalue weighted by molar-refractivity contribution is 7.92. The van der Waals surface area contributed by atoms with Crippen molar-refractivity contribution in [1.82, 2.24) is 5.32 Å². The Kier molecular flexibility index (Phi) is 6.31. The summed E-state index contributed by atoms with van der Waals surface area (Å²) in [7, 11) is -3.93. The number of nitrogens with zero attached hydrogens (tertiary/aromatic N) is 1. The third-order valence-corrected chi connectivity index (χ3v) is 5.79. The number of nitrogens with one attached hydrogen (secondary N) is 1. The Morgan fingerprint density at radius 3 is 2.31 bits per heavy atom. The summed E-state index contributed by atoms with van der Waals surface area (Å²) < 4.78 is 27.6. The number of anilines is 1. The molecular formula is C19H23ClN2O3S. The standard InChI is InChI=1S/C19H23ClN2O3S/c1-13(2)21-19(23)12-22(18-11-16(20)8-7-15(18)4)26(24,25)17-9-5-14(3)6-10-17/h5-11,13H,12H2,1-4H3,(H,21,23). The first kappa shape index (κ1) is 20.3. The zero-order valence-corrected chi connectivity index (χ0v) is 16.9. The van der Waals surface area contributed by atoms with Crippen LogP contribution in [0.2, 0.25) is 5.02 Å². The SMILES string of the molecule is Cc1ccc(S(=O)(=O)N(CC(=O)NC(C)C)c2cc(Cl)ccc2C)cc1. The predicted octanol–water partition coefficient (Wildman–Crippen LogP) is 3.68. The summed E-state index contributed by atoms with van der Waals surface area (Å²) in [5, 5.41) is 3.13. The van der Waals surface area contributed by atoms with Gasteiger partial charge in [0.2, 0.25) is 5.91 Å². The zero-order valence-electron chi connectivity index (χ0n) is 15.3. The highest BCUT2D eigenvalue weighted by Gasteiger charge is 2.28. The lowest BCUT2D eigenvalue weighted by Crippen LogP contribution is -2.43. The fraction of sp³-hybridized carbons (Fsp3) is 0.316. The summed E-state index contributed by atoms with van der Waals surface area (Å²) in [6, 6.07) is 11.4. The van der Waals surface area contributed by atoms with Gasteiger partial charge in [0.05, 0.1) is 10.6 Å². The van der Waals surface area contributed by atoms with E-state index in [1.807, 2.05) is 20.8 Å². The van der Waals surface area contributed by atoms with Crippen molar-refractivity contribution in [3.63, 3.8) is 0 Å². The van der Waals surface area contributed by atoms with Gasteiger partial charge >= 0.3 is 0 Å². The van der Waals surface area contributed by atoms with E-state index in [1.165, 1.54) is 12.1 Å². The van der Waals surface area contributed by atoms with Crippen molar-refractivity contribution in [2.75, 3.05) is 10.8 Å². The van der Waals surface area contributed by atoms with Gasteiger partial charge in [-0.25, -0.2) is 8.42 Å². The first-order valence-electron chi connectivity index (χ1n) is 8.26. The van der Waals surface area contributed by atoms with Crippen molar-refractivity contribution >= 4 is 33.2 Å². The molecule has 26 heavy (non-hydrogen) atoms. The van der Waals surface area contributed by atoms with E-state index < -0.39 is 10.0 Å². The first-order valence-corrected chi connectivity index (χ1v) is 10.1. The zero-order chi connectivity index (χ0) is 19.5. The Bertz CT molecular complexity index is 894. The fourth-order valence-electron chi connectivity index (χ4n) is 2.49.